The normalized spacial score (nSPS) is 11.9. The van der Waals surface area contributed by atoms with Crippen LogP contribution in [0.4, 0.5) is 0 Å². The zero-order chi connectivity index (χ0) is 14.9. The summed E-state index contributed by atoms with van der Waals surface area (Å²) >= 11 is 0. The largest absolute Gasteiger partial charge is 2.00 e. The van der Waals surface area contributed by atoms with Gasteiger partial charge in [0, 0.05) is 23.9 Å². The first kappa shape index (κ1) is 22.7. The third-order valence-corrected chi connectivity index (χ3v) is 1.31. The summed E-state index contributed by atoms with van der Waals surface area (Å²) in [7, 11) is 0. The molecule has 2 atom stereocenters. The summed E-state index contributed by atoms with van der Waals surface area (Å²) in [5.41, 5.74) is 12.9. The van der Waals surface area contributed by atoms with Gasteiger partial charge < -0.3 is 51.1 Å². The molecular weight excluding hydrogens is 276 g/mol. The third kappa shape index (κ3) is 16.6. The summed E-state index contributed by atoms with van der Waals surface area (Å²) in [6.45, 7) is 0. The molecule has 0 aliphatic carbocycles. The molecule has 0 spiro atoms. The summed E-state index contributed by atoms with van der Waals surface area (Å²) in [6.07, 6.45) is -1.63. The number of hydrogen-bond donors (Lipinski definition) is 0. The maximum absolute atomic E-state index is 9.65. The second kappa shape index (κ2) is 11.6. The van der Waals surface area contributed by atoms with Gasteiger partial charge in [0.15, 0.2) is 0 Å². The first-order chi connectivity index (χ1) is 8.07. The van der Waals surface area contributed by atoms with Crippen molar-refractivity contribution in [3.8, 4) is 0 Å². The number of rotatable bonds is 6. The molecule has 0 aromatic rings. The Kier molecular flexibility index (Phi) is 13.9. The molecular formula is C8H8MgN2O8-4. The number of hydrogen-bond acceptors (Lipinski definition) is 8. The van der Waals surface area contributed by atoms with Gasteiger partial charge in [0.2, 0.25) is 0 Å². The minimum Gasteiger partial charge on any atom is -0.670 e. The molecule has 2 unspecified atom stereocenters. The fourth-order valence-electron chi connectivity index (χ4n) is 0.500. The molecule has 11 heteroatoms. The molecule has 0 fully saturated rings. The van der Waals surface area contributed by atoms with E-state index in [0.717, 1.165) is 0 Å². The standard InChI is InChI=1S/2C4H6NO4.Mg/c2*5-2(4(8)9)1-3(6)7;/h2*2,5H,1H2,(H,6,7)(H,8,9);/q2*-1;+2/p-4. The van der Waals surface area contributed by atoms with Crippen molar-refractivity contribution >= 4 is 46.9 Å². The number of nitrogens with one attached hydrogen (secondary N) is 2. The summed E-state index contributed by atoms with van der Waals surface area (Å²) in [5.74, 6) is -6.50. The molecule has 19 heavy (non-hydrogen) atoms. The van der Waals surface area contributed by atoms with Crippen LogP contribution in [0.1, 0.15) is 12.8 Å². The molecule has 0 saturated heterocycles. The molecule has 0 aliphatic rings. The molecule has 0 aromatic carbocycles. The van der Waals surface area contributed by atoms with E-state index in [1.807, 2.05) is 0 Å². The fourth-order valence-corrected chi connectivity index (χ4v) is 0.500. The van der Waals surface area contributed by atoms with E-state index in [2.05, 4.69) is 0 Å². The minimum absolute atomic E-state index is 0. The molecule has 0 saturated carbocycles. The number of carbonyl (C=O) groups excluding carboxylic acids is 4. The van der Waals surface area contributed by atoms with Crippen molar-refractivity contribution in [2.75, 3.05) is 0 Å². The number of carbonyl (C=O) groups is 4. The Labute approximate surface area is 123 Å². The maximum atomic E-state index is 9.65. The monoisotopic (exact) mass is 284 g/mol. The summed E-state index contributed by atoms with van der Waals surface area (Å²) in [4.78, 5) is 38.5. The zero-order valence-corrected chi connectivity index (χ0v) is 11.0. The van der Waals surface area contributed by atoms with Crippen LogP contribution >= 0.6 is 0 Å². The molecule has 0 rings (SSSR count). The molecule has 2 N–H and O–H groups in total. The van der Waals surface area contributed by atoms with Crippen molar-refractivity contribution in [3.05, 3.63) is 11.5 Å². The number of carboxylic acid groups (broad SMARTS) is 4. The van der Waals surface area contributed by atoms with Gasteiger partial charge in [0.25, 0.3) is 0 Å². The first-order valence-corrected chi connectivity index (χ1v) is 4.31. The zero-order valence-electron chi connectivity index (χ0n) is 9.54. The van der Waals surface area contributed by atoms with E-state index in [4.69, 9.17) is 11.5 Å². The van der Waals surface area contributed by atoms with Crippen molar-refractivity contribution < 1.29 is 39.6 Å². The van der Waals surface area contributed by atoms with Crippen molar-refractivity contribution in [3.63, 3.8) is 0 Å². The van der Waals surface area contributed by atoms with Gasteiger partial charge >= 0.3 is 23.1 Å². The van der Waals surface area contributed by atoms with E-state index in [0.29, 0.717) is 0 Å². The molecule has 10 nitrogen and oxygen atoms in total. The maximum Gasteiger partial charge on any atom is 2.00 e. The van der Waals surface area contributed by atoms with Crippen molar-refractivity contribution in [2.24, 2.45) is 0 Å². The van der Waals surface area contributed by atoms with Crippen LogP contribution < -0.4 is 20.4 Å². The molecule has 0 bridgehead atoms. The van der Waals surface area contributed by atoms with E-state index in [-0.39, 0.29) is 23.1 Å². The van der Waals surface area contributed by atoms with E-state index < -0.39 is 48.8 Å². The molecule has 0 aromatic heterocycles. The van der Waals surface area contributed by atoms with Crippen LogP contribution in [0.2, 0.25) is 0 Å². The fraction of sp³-hybridized carbons (Fsp3) is 0.500. The van der Waals surface area contributed by atoms with E-state index >= 15 is 0 Å². The Morgan fingerprint density at radius 2 is 0.947 bits per heavy atom. The second-order valence-electron chi connectivity index (χ2n) is 2.90. The van der Waals surface area contributed by atoms with Gasteiger partial charge in [-0.15, -0.1) is 0 Å². The summed E-state index contributed by atoms with van der Waals surface area (Å²) < 4.78 is 0. The van der Waals surface area contributed by atoms with Crippen molar-refractivity contribution in [1.82, 2.24) is 0 Å². The quantitative estimate of drug-likeness (QED) is 0.427. The van der Waals surface area contributed by atoms with Gasteiger partial charge in [-0.2, -0.15) is 0 Å². The van der Waals surface area contributed by atoms with Gasteiger partial charge in [-0.3, -0.25) is 0 Å². The average molecular weight is 284 g/mol. The van der Waals surface area contributed by atoms with Crippen LogP contribution in [0.15, 0.2) is 0 Å². The van der Waals surface area contributed by atoms with Crippen LogP contribution in [0.25, 0.3) is 11.5 Å². The van der Waals surface area contributed by atoms with Crippen LogP contribution in [-0.4, -0.2) is 59.0 Å². The Balaban J connectivity index is -0.000000256. The number of aliphatic carboxylic acids is 4. The smallest absolute Gasteiger partial charge is 0.670 e. The van der Waals surface area contributed by atoms with Gasteiger partial charge in [-0.05, 0) is 12.8 Å². The molecule has 0 aliphatic heterocycles. The predicted octanol–water partition coefficient (Wildman–Crippen LogP) is -5.79. The third-order valence-electron chi connectivity index (χ3n) is 1.31. The topological polar surface area (TPSA) is 208 Å². The SMILES string of the molecule is [Mg+2].[NH-]C(CC(=O)[O-])C(=O)[O-].[NH-]C(CC(=O)[O-])C(=O)[O-]. The summed E-state index contributed by atoms with van der Waals surface area (Å²) in [5, 5.41) is 38.5. The molecule has 0 amide bonds. The Hall–Kier alpha value is -1.43. The van der Waals surface area contributed by atoms with E-state index in [9.17, 15) is 39.6 Å². The van der Waals surface area contributed by atoms with E-state index in [1.54, 1.807) is 0 Å². The van der Waals surface area contributed by atoms with Crippen LogP contribution in [0.3, 0.4) is 0 Å². The minimum atomic E-state index is -1.71. The Morgan fingerprint density at radius 3 is 1.00 bits per heavy atom. The first-order valence-electron chi connectivity index (χ1n) is 4.31. The van der Waals surface area contributed by atoms with E-state index in [1.165, 1.54) is 0 Å². The summed E-state index contributed by atoms with van der Waals surface area (Å²) in [6, 6.07) is -3.43. The second-order valence-corrected chi connectivity index (χ2v) is 2.90. The number of carboxylic acids is 4. The Morgan fingerprint density at radius 1 is 0.737 bits per heavy atom. The van der Waals surface area contributed by atoms with Gasteiger partial charge in [0.05, 0.1) is 0 Å². The van der Waals surface area contributed by atoms with Crippen molar-refractivity contribution in [2.45, 2.75) is 24.9 Å². The van der Waals surface area contributed by atoms with Crippen molar-refractivity contribution in [1.29, 1.82) is 0 Å². The van der Waals surface area contributed by atoms with Gasteiger partial charge in [-0.1, -0.05) is 12.1 Å². The van der Waals surface area contributed by atoms with Gasteiger partial charge in [0.1, 0.15) is 0 Å². The van der Waals surface area contributed by atoms with Gasteiger partial charge in [-0.25, -0.2) is 0 Å². The predicted molar refractivity (Wildman–Crippen MR) is 51.2 cm³/mol. The molecule has 0 radical (unpaired) electrons. The van der Waals surface area contributed by atoms with Crippen LogP contribution in [0.5, 0.6) is 0 Å². The van der Waals surface area contributed by atoms with Crippen LogP contribution in [-0.2, 0) is 19.2 Å². The molecule has 0 heterocycles. The molecule has 104 valence electrons. The van der Waals surface area contributed by atoms with Crippen LogP contribution in [0, 0.1) is 0 Å². The Bertz CT molecular complexity index is 303. The average Bonchev–Trinajstić information content (AvgIpc) is 2.16.